The van der Waals surface area contributed by atoms with Gasteiger partial charge < -0.3 is 10.6 Å². The number of pyridine rings is 1. The van der Waals surface area contributed by atoms with Crippen LogP contribution in [0.25, 0.3) is 5.65 Å². The minimum absolute atomic E-state index is 0.117. The van der Waals surface area contributed by atoms with E-state index in [-0.39, 0.29) is 28.6 Å². The molecule has 4 heterocycles. The third kappa shape index (κ3) is 5.94. The number of rotatable bonds is 4. The van der Waals surface area contributed by atoms with Crippen molar-refractivity contribution in [2.24, 2.45) is 0 Å². The number of piperazine rings is 1. The summed E-state index contributed by atoms with van der Waals surface area (Å²) in [6, 6.07) is 10.1. The van der Waals surface area contributed by atoms with Crippen LogP contribution in [-0.2, 0) is 12.7 Å². The van der Waals surface area contributed by atoms with Gasteiger partial charge in [0.1, 0.15) is 16.7 Å². The van der Waals surface area contributed by atoms with Crippen molar-refractivity contribution < 1.29 is 18.0 Å². The molecule has 12 heteroatoms. The molecule has 1 saturated heterocycles. The zero-order chi connectivity index (χ0) is 26.7. The number of carbonyl (C=O) groups is 1. The fourth-order valence-electron chi connectivity index (χ4n) is 4.07. The first-order valence-electron chi connectivity index (χ1n) is 11.7. The number of hydrogen-bond donors (Lipinski definition) is 2. The largest absolute Gasteiger partial charge is 0.416 e. The molecular formula is C26H21ClF3N7O. The standard InChI is InChI=1S/C26H21ClF3N7O/c27-22-5-6-24-33-15-20(37(24)35-22)4-1-17-7-8-32-23(13-17)34-25(38)18-2-3-19(21(14-18)26(28,29)30)16-36-11-9-31-10-12-36/h2-3,5-8,13-15,31H,9-12,16H2,(H,32,34,38). The molecule has 1 aliphatic rings. The maximum absolute atomic E-state index is 13.8. The molecule has 5 rings (SSSR count). The normalized spacial score (nSPS) is 14.2. The lowest BCUT2D eigenvalue weighted by atomic mass is 10.0. The first-order chi connectivity index (χ1) is 18.3. The van der Waals surface area contributed by atoms with Crippen molar-refractivity contribution in [2.75, 3.05) is 31.5 Å². The summed E-state index contributed by atoms with van der Waals surface area (Å²) < 4.78 is 43.0. The van der Waals surface area contributed by atoms with E-state index < -0.39 is 17.6 Å². The maximum Gasteiger partial charge on any atom is 0.416 e. The van der Waals surface area contributed by atoms with E-state index in [1.165, 1.54) is 28.9 Å². The lowest BCUT2D eigenvalue weighted by Crippen LogP contribution is -2.43. The average molecular weight is 540 g/mol. The van der Waals surface area contributed by atoms with Crippen LogP contribution in [0.4, 0.5) is 19.0 Å². The first-order valence-corrected chi connectivity index (χ1v) is 12.1. The Bertz CT molecular complexity index is 1550. The van der Waals surface area contributed by atoms with Gasteiger partial charge in [-0.05, 0) is 47.9 Å². The number of halogens is 4. The molecule has 38 heavy (non-hydrogen) atoms. The minimum atomic E-state index is -4.59. The Morgan fingerprint density at radius 1 is 1.08 bits per heavy atom. The van der Waals surface area contributed by atoms with Gasteiger partial charge >= 0.3 is 6.18 Å². The van der Waals surface area contributed by atoms with Crippen molar-refractivity contribution in [3.8, 4) is 11.8 Å². The Hall–Kier alpha value is -3.98. The number of nitrogens with one attached hydrogen (secondary N) is 2. The number of anilines is 1. The second-order valence-corrected chi connectivity index (χ2v) is 8.99. The highest BCUT2D eigenvalue weighted by molar-refractivity contribution is 6.29. The second-order valence-electron chi connectivity index (χ2n) is 8.60. The van der Waals surface area contributed by atoms with Gasteiger partial charge in [0.15, 0.2) is 5.65 Å². The molecule has 0 atom stereocenters. The molecule has 1 aromatic carbocycles. The van der Waals surface area contributed by atoms with Crippen molar-refractivity contribution in [1.82, 2.24) is 29.8 Å². The number of nitrogens with zero attached hydrogens (tertiary/aromatic N) is 5. The Morgan fingerprint density at radius 3 is 2.68 bits per heavy atom. The van der Waals surface area contributed by atoms with Crippen LogP contribution in [-0.4, -0.2) is 56.6 Å². The molecule has 0 spiro atoms. The summed E-state index contributed by atoms with van der Waals surface area (Å²) >= 11 is 5.95. The Labute approximate surface area is 220 Å². The van der Waals surface area contributed by atoms with E-state index in [0.717, 1.165) is 19.2 Å². The molecule has 2 N–H and O–H groups in total. The van der Waals surface area contributed by atoms with Crippen LogP contribution in [0.1, 0.15) is 32.7 Å². The highest BCUT2D eigenvalue weighted by Crippen LogP contribution is 2.33. The molecule has 4 aromatic rings. The van der Waals surface area contributed by atoms with Crippen molar-refractivity contribution >= 4 is 29.0 Å². The van der Waals surface area contributed by atoms with Gasteiger partial charge in [-0.2, -0.15) is 18.3 Å². The smallest absolute Gasteiger partial charge is 0.314 e. The molecule has 8 nitrogen and oxygen atoms in total. The molecule has 0 radical (unpaired) electrons. The summed E-state index contributed by atoms with van der Waals surface area (Å²) in [6.07, 6.45) is -1.59. The van der Waals surface area contributed by atoms with Crippen LogP contribution in [0.3, 0.4) is 0 Å². The summed E-state index contributed by atoms with van der Waals surface area (Å²) in [7, 11) is 0. The Kier molecular flexibility index (Phi) is 7.28. The van der Waals surface area contributed by atoms with E-state index in [1.807, 2.05) is 4.90 Å². The highest BCUT2D eigenvalue weighted by atomic mass is 35.5. The first kappa shape index (κ1) is 25.7. The van der Waals surface area contributed by atoms with Crippen LogP contribution < -0.4 is 10.6 Å². The van der Waals surface area contributed by atoms with Gasteiger partial charge in [-0.3, -0.25) is 9.69 Å². The Morgan fingerprint density at radius 2 is 1.89 bits per heavy atom. The predicted molar refractivity (Wildman–Crippen MR) is 136 cm³/mol. The molecule has 0 aliphatic carbocycles. The maximum atomic E-state index is 13.8. The molecule has 0 saturated carbocycles. The van der Waals surface area contributed by atoms with E-state index >= 15 is 0 Å². The number of alkyl halides is 3. The second kappa shape index (κ2) is 10.8. The third-order valence-electron chi connectivity index (χ3n) is 5.95. The summed E-state index contributed by atoms with van der Waals surface area (Å²) in [6.45, 7) is 2.93. The fraction of sp³-hybridized carbons (Fsp3) is 0.231. The Balaban J connectivity index is 1.34. The van der Waals surface area contributed by atoms with Gasteiger partial charge in [0, 0.05) is 50.0 Å². The SMILES string of the molecule is O=C(Nc1cc(C#Cc2cnc3ccc(Cl)nn23)ccn1)c1ccc(CN2CCNCC2)c(C(F)(F)F)c1. The van der Waals surface area contributed by atoms with Crippen LogP contribution in [0.2, 0.25) is 5.15 Å². The number of hydrogen-bond acceptors (Lipinski definition) is 6. The molecule has 1 fully saturated rings. The lowest BCUT2D eigenvalue weighted by molar-refractivity contribution is -0.138. The number of benzene rings is 1. The molecule has 194 valence electrons. The number of imidazole rings is 1. The number of carbonyl (C=O) groups excluding carboxylic acids is 1. The van der Waals surface area contributed by atoms with Crippen LogP contribution in [0, 0.1) is 11.8 Å². The lowest BCUT2D eigenvalue weighted by Gasteiger charge is -2.28. The summed E-state index contributed by atoms with van der Waals surface area (Å²) in [5.41, 5.74) is 0.805. The van der Waals surface area contributed by atoms with Gasteiger partial charge in [-0.1, -0.05) is 23.6 Å². The van der Waals surface area contributed by atoms with Crippen molar-refractivity contribution in [3.63, 3.8) is 0 Å². The summed E-state index contributed by atoms with van der Waals surface area (Å²) in [5.74, 6) is 5.33. The van der Waals surface area contributed by atoms with Gasteiger partial charge in [0.05, 0.1) is 11.8 Å². The predicted octanol–water partition coefficient (Wildman–Crippen LogP) is 3.85. The highest BCUT2D eigenvalue weighted by Gasteiger charge is 2.34. The number of amides is 1. The molecule has 0 unspecified atom stereocenters. The molecule has 3 aromatic heterocycles. The quantitative estimate of drug-likeness (QED) is 0.383. The van der Waals surface area contributed by atoms with Crippen molar-refractivity contribution in [2.45, 2.75) is 12.7 Å². The zero-order valence-corrected chi connectivity index (χ0v) is 20.6. The molecule has 1 amide bonds. The van der Waals surface area contributed by atoms with Crippen molar-refractivity contribution in [3.05, 3.63) is 88.0 Å². The topological polar surface area (TPSA) is 87.5 Å². The number of aromatic nitrogens is 4. The van der Waals surface area contributed by atoms with Crippen LogP contribution >= 0.6 is 11.6 Å². The third-order valence-corrected chi connectivity index (χ3v) is 6.15. The van der Waals surface area contributed by atoms with E-state index in [4.69, 9.17) is 11.6 Å². The summed E-state index contributed by atoms with van der Waals surface area (Å²) in [5, 5.41) is 10.2. The van der Waals surface area contributed by atoms with Crippen LogP contribution in [0.15, 0.2) is 54.9 Å². The monoisotopic (exact) mass is 539 g/mol. The van der Waals surface area contributed by atoms with Gasteiger partial charge in [0.25, 0.3) is 5.91 Å². The molecular weight excluding hydrogens is 519 g/mol. The summed E-state index contributed by atoms with van der Waals surface area (Å²) in [4.78, 5) is 23.1. The molecule has 1 aliphatic heterocycles. The van der Waals surface area contributed by atoms with E-state index in [0.29, 0.717) is 30.0 Å². The van der Waals surface area contributed by atoms with Gasteiger partial charge in [0.2, 0.25) is 0 Å². The van der Waals surface area contributed by atoms with Crippen molar-refractivity contribution in [1.29, 1.82) is 0 Å². The van der Waals surface area contributed by atoms with Gasteiger partial charge in [-0.25, -0.2) is 14.5 Å². The zero-order valence-electron chi connectivity index (χ0n) is 19.9. The van der Waals surface area contributed by atoms with Gasteiger partial charge in [-0.15, -0.1) is 0 Å². The van der Waals surface area contributed by atoms with E-state index in [9.17, 15) is 18.0 Å². The fourth-order valence-corrected chi connectivity index (χ4v) is 4.21. The average Bonchev–Trinajstić information content (AvgIpc) is 3.30. The molecule has 0 bridgehead atoms. The minimum Gasteiger partial charge on any atom is -0.314 e. The van der Waals surface area contributed by atoms with Crippen LogP contribution in [0.5, 0.6) is 0 Å². The van der Waals surface area contributed by atoms with E-state index in [1.54, 1.807) is 24.4 Å². The van der Waals surface area contributed by atoms with E-state index in [2.05, 4.69) is 37.5 Å². The number of fused-ring (bicyclic) bond motifs is 1.